The number of aliphatic hydroxyl groups is 1. The number of anilines is 2. The number of fused-ring (bicyclic) bond motifs is 1. The van der Waals surface area contributed by atoms with Crippen LogP contribution in [0.5, 0.6) is 11.5 Å². The molecule has 0 bridgehead atoms. The molecule has 12 heteroatoms. The first-order valence-electron chi connectivity index (χ1n) is 12.4. The average Bonchev–Trinajstić information content (AvgIpc) is 3.53. The van der Waals surface area contributed by atoms with Gasteiger partial charge < -0.3 is 25.7 Å². The van der Waals surface area contributed by atoms with E-state index in [1.807, 2.05) is 0 Å². The van der Waals surface area contributed by atoms with Gasteiger partial charge in [-0.1, -0.05) is 11.6 Å². The van der Waals surface area contributed by atoms with Crippen LogP contribution in [0.15, 0.2) is 72.9 Å². The highest BCUT2D eigenvalue weighted by atomic mass is 35.5. The zero-order valence-corrected chi connectivity index (χ0v) is 21.6. The third-order valence-corrected chi connectivity index (χ3v) is 6.86. The molecule has 202 valence electrons. The number of hydrogen-bond donors (Lipinski definition) is 4. The number of carbonyl (C=O) groups is 1. The number of carbonyl (C=O) groups excluding carboxylic acids is 1. The summed E-state index contributed by atoms with van der Waals surface area (Å²) >= 11 is 6.49. The second kappa shape index (κ2) is 10.1. The van der Waals surface area contributed by atoms with Crippen molar-refractivity contribution in [1.82, 2.24) is 15.2 Å². The fourth-order valence-electron chi connectivity index (χ4n) is 4.18. The van der Waals surface area contributed by atoms with Gasteiger partial charge in [-0.25, -0.2) is 9.37 Å². The van der Waals surface area contributed by atoms with Crippen LogP contribution in [-0.4, -0.2) is 38.3 Å². The highest BCUT2D eigenvalue weighted by Crippen LogP contribution is 2.38. The number of aromatic nitrogens is 4. The zero-order chi connectivity index (χ0) is 27.9. The summed E-state index contributed by atoms with van der Waals surface area (Å²) in [6.07, 6.45) is 3.03. The van der Waals surface area contributed by atoms with Crippen LogP contribution in [0.2, 0.25) is 5.02 Å². The molecule has 1 amide bonds. The van der Waals surface area contributed by atoms with Crippen molar-refractivity contribution in [3.63, 3.8) is 0 Å². The van der Waals surface area contributed by atoms with E-state index in [9.17, 15) is 19.5 Å². The van der Waals surface area contributed by atoms with Gasteiger partial charge in [-0.15, -0.1) is 0 Å². The molecule has 40 heavy (non-hydrogen) atoms. The number of halogens is 2. The first-order chi connectivity index (χ1) is 19.3. The third-order valence-electron chi connectivity index (χ3n) is 6.56. The van der Waals surface area contributed by atoms with Crippen molar-refractivity contribution in [2.24, 2.45) is 0 Å². The minimum Gasteiger partial charge on any atom is -0.618 e. The lowest BCUT2D eigenvalue weighted by atomic mass is 10.1. The van der Waals surface area contributed by atoms with E-state index in [2.05, 4.69) is 25.8 Å². The van der Waals surface area contributed by atoms with E-state index >= 15 is 0 Å². The molecule has 0 unspecified atom stereocenters. The normalized spacial score (nSPS) is 13.7. The molecule has 1 aliphatic rings. The third kappa shape index (κ3) is 5.12. The number of nitrogens with one attached hydrogen (secondary N) is 3. The van der Waals surface area contributed by atoms with Crippen molar-refractivity contribution in [1.29, 1.82) is 0 Å². The summed E-state index contributed by atoms with van der Waals surface area (Å²) in [4.78, 5) is 17.2. The molecular formula is C28H22ClFN6O4. The van der Waals surface area contributed by atoms with Gasteiger partial charge in [-0.3, -0.25) is 9.89 Å². The molecule has 5 aromatic rings. The van der Waals surface area contributed by atoms with Gasteiger partial charge in [-0.05, 0) is 61.4 Å². The van der Waals surface area contributed by atoms with E-state index in [1.54, 1.807) is 36.5 Å². The number of amides is 1. The molecule has 4 N–H and O–H groups in total. The van der Waals surface area contributed by atoms with Crippen LogP contribution in [0.3, 0.4) is 0 Å². The van der Waals surface area contributed by atoms with Gasteiger partial charge in [0.15, 0.2) is 11.5 Å². The van der Waals surface area contributed by atoms with Gasteiger partial charge in [0, 0.05) is 42.2 Å². The molecule has 0 aliphatic heterocycles. The summed E-state index contributed by atoms with van der Waals surface area (Å²) in [5, 5.41) is 36.8. The Labute approximate surface area is 232 Å². The van der Waals surface area contributed by atoms with Crippen LogP contribution < -0.4 is 20.1 Å². The van der Waals surface area contributed by atoms with E-state index in [1.165, 1.54) is 36.4 Å². The summed E-state index contributed by atoms with van der Waals surface area (Å²) in [5.41, 5.74) is 0.659. The zero-order valence-electron chi connectivity index (χ0n) is 20.8. The number of benzene rings is 2. The Bertz CT molecular complexity index is 1740. The predicted octanol–water partition coefficient (Wildman–Crippen LogP) is 5.03. The van der Waals surface area contributed by atoms with Crippen molar-refractivity contribution in [2.75, 3.05) is 17.2 Å². The monoisotopic (exact) mass is 560 g/mol. The lowest BCUT2D eigenvalue weighted by Gasteiger charge is -2.13. The number of hydrogen-bond acceptors (Lipinski definition) is 7. The Hall–Kier alpha value is -4.74. The largest absolute Gasteiger partial charge is 0.618 e. The smallest absolute Gasteiger partial charge is 0.321 e. The Balaban J connectivity index is 1.20. The van der Waals surface area contributed by atoms with Crippen LogP contribution in [0.4, 0.5) is 15.9 Å². The van der Waals surface area contributed by atoms with Crippen molar-refractivity contribution in [2.45, 2.75) is 18.4 Å². The number of rotatable bonds is 8. The van der Waals surface area contributed by atoms with Gasteiger partial charge in [0.1, 0.15) is 22.7 Å². The molecule has 0 saturated heterocycles. The predicted molar refractivity (Wildman–Crippen MR) is 147 cm³/mol. The first-order valence-corrected chi connectivity index (χ1v) is 12.7. The summed E-state index contributed by atoms with van der Waals surface area (Å²) in [6, 6.07) is 16.3. The summed E-state index contributed by atoms with van der Waals surface area (Å²) in [5.74, 6) is 0.172. The van der Waals surface area contributed by atoms with Crippen molar-refractivity contribution >= 4 is 40.0 Å². The molecule has 3 heterocycles. The van der Waals surface area contributed by atoms with Crippen LogP contribution in [-0.2, 0) is 0 Å². The first kappa shape index (κ1) is 25.5. The fraction of sp³-hybridized carbons (Fsp3) is 0.143. The van der Waals surface area contributed by atoms with Crippen LogP contribution in [0.1, 0.15) is 23.3 Å². The quantitative estimate of drug-likeness (QED) is 0.154. The summed E-state index contributed by atoms with van der Waals surface area (Å²) < 4.78 is 19.9. The standard InChI is InChI=1S/C28H22ClFN6O4/c29-19-14-18(33-27(37)21-3-1-2-20(36(21)39)16-4-6-17(30)7-5-16)8-9-22(19)40-23-10-13-31-25-24(23)26(35-34-25)32-15-28(38)11-12-28/h1-10,13-14,38H,11-12,15H2,(H,33,37)(H2,31,32,34,35). The number of H-pyrrole nitrogens is 1. The van der Waals surface area contributed by atoms with Gasteiger partial charge in [0.2, 0.25) is 5.69 Å². The number of nitrogens with zero attached hydrogens (tertiary/aromatic N) is 3. The molecule has 1 aliphatic carbocycles. The molecule has 1 saturated carbocycles. The molecule has 1 fully saturated rings. The highest BCUT2D eigenvalue weighted by molar-refractivity contribution is 6.32. The minimum absolute atomic E-state index is 0.145. The Morgan fingerprint density at radius 3 is 2.70 bits per heavy atom. The maximum absolute atomic E-state index is 13.3. The van der Waals surface area contributed by atoms with Gasteiger partial charge >= 0.3 is 5.91 Å². The summed E-state index contributed by atoms with van der Waals surface area (Å²) in [7, 11) is 0. The topological polar surface area (TPSA) is 139 Å². The number of pyridine rings is 2. The maximum atomic E-state index is 13.3. The van der Waals surface area contributed by atoms with Crippen molar-refractivity contribution < 1.29 is 23.8 Å². The second-order valence-electron chi connectivity index (χ2n) is 9.48. The lowest BCUT2D eigenvalue weighted by molar-refractivity contribution is -0.595. The van der Waals surface area contributed by atoms with E-state index in [0.29, 0.717) is 50.9 Å². The fourth-order valence-corrected chi connectivity index (χ4v) is 4.40. The Morgan fingerprint density at radius 2 is 1.95 bits per heavy atom. The molecule has 6 rings (SSSR count). The van der Waals surface area contributed by atoms with E-state index in [4.69, 9.17) is 16.3 Å². The number of ether oxygens (including phenoxy) is 1. The molecule has 0 spiro atoms. The van der Waals surface area contributed by atoms with Gasteiger partial charge in [-0.2, -0.15) is 9.83 Å². The maximum Gasteiger partial charge on any atom is 0.321 e. The Morgan fingerprint density at radius 1 is 1.15 bits per heavy atom. The van der Waals surface area contributed by atoms with Crippen LogP contribution in [0.25, 0.3) is 22.3 Å². The van der Waals surface area contributed by atoms with Crippen LogP contribution in [0, 0.1) is 11.0 Å². The van der Waals surface area contributed by atoms with Gasteiger partial charge in [0.25, 0.3) is 5.69 Å². The van der Waals surface area contributed by atoms with E-state index in [-0.39, 0.29) is 16.4 Å². The van der Waals surface area contributed by atoms with Crippen molar-refractivity contribution in [3.05, 3.63) is 94.7 Å². The molecule has 2 aromatic carbocycles. The van der Waals surface area contributed by atoms with Gasteiger partial charge in [0.05, 0.1) is 10.6 Å². The molecule has 0 atom stereocenters. The Kier molecular flexibility index (Phi) is 6.45. The summed E-state index contributed by atoms with van der Waals surface area (Å²) in [6.45, 7) is 0.354. The SMILES string of the molecule is O=C(Nc1ccc(Oc2ccnc3[nH]nc(NCC4(O)CC4)c23)c(Cl)c1)c1cccc(-c2ccc(F)cc2)[n+]1[O-]. The minimum atomic E-state index is -0.717. The van der Waals surface area contributed by atoms with E-state index in [0.717, 1.165) is 12.8 Å². The van der Waals surface area contributed by atoms with Crippen molar-refractivity contribution in [3.8, 4) is 22.8 Å². The molecule has 10 nitrogen and oxygen atoms in total. The van der Waals surface area contributed by atoms with Crippen LogP contribution >= 0.6 is 11.6 Å². The average molecular weight is 561 g/mol. The highest BCUT2D eigenvalue weighted by Gasteiger charge is 2.40. The molecular weight excluding hydrogens is 539 g/mol. The molecule has 3 aromatic heterocycles. The molecule has 0 radical (unpaired) electrons. The van der Waals surface area contributed by atoms with E-state index < -0.39 is 17.3 Å². The number of aromatic amines is 1. The lowest BCUT2D eigenvalue weighted by Crippen LogP contribution is -2.38. The second-order valence-corrected chi connectivity index (χ2v) is 9.89.